The first-order valence-corrected chi connectivity index (χ1v) is 7.06. The Labute approximate surface area is 114 Å². The van der Waals surface area contributed by atoms with E-state index in [4.69, 9.17) is 4.74 Å². The summed E-state index contributed by atoms with van der Waals surface area (Å²) in [7, 11) is 1.65. The fourth-order valence-corrected chi connectivity index (χ4v) is 2.50. The SMILES string of the molecule is COC[C@@H](O)CN(C)S(=O)(=O)N(C)CCC(=O)OC. The zero-order valence-corrected chi connectivity index (χ0v) is 12.5. The third-order valence-electron chi connectivity index (χ3n) is 2.47. The lowest BCUT2D eigenvalue weighted by atomic mass is 10.4. The summed E-state index contributed by atoms with van der Waals surface area (Å²) in [5.74, 6) is -0.482. The van der Waals surface area contributed by atoms with E-state index in [2.05, 4.69) is 4.74 Å². The molecular weight excluding hydrogens is 276 g/mol. The molecule has 0 bridgehead atoms. The Balaban J connectivity index is 4.45. The molecule has 0 saturated carbocycles. The highest BCUT2D eigenvalue weighted by atomic mass is 32.2. The van der Waals surface area contributed by atoms with E-state index in [0.29, 0.717) is 0 Å². The van der Waals surface area contributed by atoms with Crippen LogP contribution in [0.3, 0.4) is 0 Å². The number of ether oxygens (including phenoxy) is 2. The Morgan fingerprint density at radius 1 is 1.26 bits per heavy atom. The van der Waals surface area contributed by atoms with E-state index >= 15 is 0 Å². The monoisotopic (exact) mass is 298 g/mol. The smallest absolute Gasteiger partial charge is 0.306 e. The molecule has 0 spiro atoms. The van der Waals surface area contributed by atoms with E-state index in [1.165, 1.54) is 28.3 Å². The number of nitrogens with zero attached hydrogens (tertiary/aromatic N) is 2. The van der Waals surface area contributed by atoms with Crippen LogP contribution in [0, 0.1) is 0 Å². The second kappa shape index (κ2) is 8.43. The van der Waals surface area contributed by atoms with Crippen LogP contribution in [-0.2, 0) is 24.5 Å². The second-order valence-corrected chi connectivity index (χ2v) is 6.19. The number of hydrogen-bond acceptors (Lipinski definition) is 6. The fourth-order valence-electron chi connectivity index (χ4n) is 1.34. The van der Waals surface area contributed by atoms with Gasteiger partial charge in [0.05, 0.1) is 26.2 Å². The predicted molar refractivity (Wildman–Crippen MR) is 68.7 cm³/mol. The fraction of sp³-hybridized carbons (Fsp3) is 0.900. The van der Waals surface area contributed by atoms with Gasteiger partial charge in [0.15, 0.2) is 0 Å². The Morgan fingerprint density at radius 2 is 1.84 bits per heavy atom. The van der Waals surface area contributed by atoms with Crippen LogP contribution >= 0.6 is 0 Å². The minimum Gasteiger partial charge on any atom is -0.469 e. The van der Waals surface area contributed by atoms with Gasteiger partial charge in [0.1, 0.15) is 0 Å². The van der Waals surface area contributed by atoms with Crippen LogP contribution in [-0.4, -0.2) is 82.2 Å². The molecule has 0 amide bonds. The lowest BCUT2D eigenvalue weighted by Crippen LogP contribution is -2.44. The van der Waals surface area contributed by atoms with Crippen molar-refractivity contribution in [1.29, 1.82) is 0 Å². The number of carbonyl (C=O) groups excluding carboxylic acids is 1. The number of esters is 1. The van der Waals surface area contributed by atoms with E-state index in [9.17, 15) is 18.3 Å². The minimum atomic E-state index is -3.71. The van der Waals surface area contributed by atoms with Gasteiger partial charge in [0.2, 0.25) is 0 Å². The van der Waals surface area contributed by atoms with Crippen molar-refractivity contribution in [2.24, 2.45) is 0 Å². The van der Waals surface area contributed by atoms with Crippen molar-refractivity contribution in [1.82, 2.24) is 8.61 Å². The molecule has 0 aromatic heterocycles. The Bertz CT molecular complexity index is 372. The molecule has 114 valence electrons. The molecule has 0 rings (SSSR count). The van der Waals surface area contributed by atoms with Crippen LogP contribution in [0.2, 0.25) is 0 Å². The average molecular weight is 298 g/mol. The summed E-state index contributed by atoms with van der Waals surface area (Å²) in [5.41, 5.74) is 0. The van der Waals surface area contributed by atoms with Gasteiger partial charge >= 0.3 is 5.97 Å². The van der Waals surface area contributed by atoms with Crippen molar-refractivity contribution in [2.45, 2.75) is 12.5 Å². The summed E-state index contributed by atoms with van der Waals surface area (Å²) in [6, 6.07) is 0. The average Bonchev–Trinajstić information content (AvgIpc) is 2.35. The lowest BCUT2D eigenvalue weighted by Gasteiger charge is -2.25. The van der Waals surface area contributed by atoms with E-state index in [1.807, 2.05) is 0 Å². The van der Waals surface area contributed by atoms with Crippen LogP contribution < -0.4 is 0 Å². The summed E-state index contributed by atoms with van der Waals surface area (Å²) >= 11 is 0. The normalized spacial score (nSPS) is 13.8. The highest BCUT2D eigenvalue weighted by Crippen LogP contribution is 2.06. The van der Waals surface area contributed by atoms with Crippen molar-refractivity contribution in [2.75, 3.05) is 48.0 Å². The molecule has 0 fully saturated rings. The van der Waals surface area contributed by atoms with Crippen molar-refractivity contribution < 1.29 is 27.8 Å². The third-order valence-corrected chi connectivity index (χ3v) is 4.38. The van der Waals surface area contributed by atoms with Crippen LogP contribution in [0.1, 0.15) is 6.42 Å². The van der Waals surface area contributed by atoms with Crippen molar-refractivity contribution in [3.05, 3.63) is 0 Å². The summed E-state index contributed by atoms with van der Waals surface area (Å²) in [5, 5.41) is 9.50. The van der Waals surface area contributed by atoms with E-state index in [-0.39, 0.29) is 26.1 Å². The number of likely N-dealkylation sites (N-methyl/N-ethyl adjacent to an activating group) is 1. The third kappa shape index (κ3) is 6.30. The van der Waals surface area contributed by atoms with Crippen molar-refractivity contribution >= 4 is 16.2 Å². The summed E-state index contributed by atoms with van der Waals surface area (Å²) in [6.45, 7) is -0.0236. The molecule has 0 radical (unpaired) electrons. The molecule has 0 aliphatic heterocycles. The van der Waals surface area contributed by atoms with Gasteiger partial charge in [0.25, 0.3) is 10.2 Å². The van der Waals surface area contributed by atoms with Gasteiger partial charge in [-0.05, 0) is 0 Å². The largest absolute Gasteiger partial charge is 0.469 e. The van der Waals surface area contributed by atoms with E-state index in [1.54, 1.807) is 0 Å². The van der Waals surface area contributed by atoms with Gasteiger partial charge < -0.3 is 14.6 Å². The molecule has 0 heterocycles. The zero-order valence-electron chi connectivity index (χ0n) is 11.7. The van der Waals surface area contributed by atoms with Gasteiger partial charge in [-0.2, -0.15) is 17.0 Å². The van der Waals surface area contributed by atoms with E-state index in [0.717, 1.165) is 8.61 Å². The Hall–Kier alpha value is -0.740. The van der Waals surface area contributed by atoms with Gasteiger partial charge in [-0.3, -0.25) is 4.79 Å². The topological polar surface area (TPSA) is 96.4 Å². The Kier molecular flexibility index (Phi) is 8.11. The van der Waals surface area contributed by atoms with Crippen LogP contribution in [0.25, 0.3) is 0 Å². The van der Waals surface area contributed by atoms with Crippen LogP contribution in [0.5, 0.6) is 0 Å². The molecule has 19 heavy (non-hydrogen) atoms. The summed E-state index contributed by atoms with van der Waals surface area (Å²) in [6.07, 6.45) is -0.931. The van der Waals surface area contributed by atoms with Gasteiger partial charge in [-0.1, -0.05) is 0 Å². The number of methoxy groups -OCH3 is 2. The van der Waals surface area contributed by atoms with Crippen LogP contribution in [0.4, 0.5) is 0 Å². The summed E-state index contributed by atoms with van der Waals surface area (Å²) in [4.78, 5) is 11.0. The van der Waals surface area contributed by atoms with Gasteiger partial charge in [0, 0.05) is 34.3 Å². The molecule has 1 N–H and O–H groups in total. The Morgan fingerprint density at radius 3 is 2.32 bits per heavy atom. The number of carbonyl (C=O) groups is 1. The van der Waals surface area contributed by atoms with Gasteiger partial charge in [-0.25, -0.2) is 0 Å². The molecule has 9 heteroatoms. The molecule has 0 unspecified atom stereocenters. The first-order valence-electron chi connectivity index (χ1n) is 5.67. The van der Waals surface area contributed by atoms with Crippen molar-refractivity contribution in [3.8, 4) is 0 Å². The predicted octanol–water partition coefficient (Wildman–Crippen LogP) is -1.33. The highest BCUT2D eigenvalue weighted by Gasteiger charge is 2.25. The molecule has 0 aromatic rings. The van der Waals surface area contributed by atoms with Crippen molar-refractivity contribution in [3.63, 3.8) is 0 Å². The zero-order chi connectivity index (χ0) is 15.1. The minimum absolute atomic E-state index is 0.0136. The second-order valence-electron chi connectivity index (χ2n) is 4.05. The highest BCUT2D eigenvalue weighted by molar-refractivity contribution is 7.86. The number of aliphatic hydroxyl groups excluding tert-OH is 1. The lowest BCUT2D eigenvalue weighted by molar-refractivity contribution is -0.140. The number of rotatable bonds is 9. The standard InChI is InChI=1S/C10H22N2O6S/c1-11(6-5-10(14)18-4)19(15,16)12(2)7-9(13)8-17-3/h9,13H,5-8H2,1-4H3/t9-/m0/s1. The molecule has 0 saturated heterocycles. The summed E-state index contributed by atoms with van der Waals surface area (Å²) < 4.78 is 35.2. The first kappa shape index (κ1) is 18.3. The maximum atomic E-state index is 12.0. The van der Waals surface area contributed by atoms with Gasteiger partial charge in [-0.15, -0.1) is 0 Å². The maximum absolute atomic E-state index is 12.0. The number of aliphatic hydroxyl groups is 1. The molecule has 1 atom stereocenters. The first-order chi connectivity index (χ1) is 8.75. The molecule has 0 aliphatic rings. The maximum Gasteiger partial charge on any atom is 0.306 e. The quantitative estimate of drug-likeness (QED) is 0.530. The van der Waals surface area contributed by atoms with Crippen LogP contribution in [0.15, 0.2) is 0 Å². The molecular formula is C10H22N2O6S. The molecule has 8 nitrogen and oxygen atoms in total. The molecule has 0 aliphatic carbocycles. The molecule has 0 aromatic carbocycles. The number of hydrogen-bond donors (Lipinski definition) is 1. The van der Waals surface area contributed by atoms with E-state index < -0.39 is 22.3 Å².